The maximum atomic E-state index is 11.8. The maximum Gasteiger partial charge on any atom is 0.402 e. The summed E-state index contributed by atoms with van der Waals surface area (Å²) in [5, 5.41) is -0.235. The molecule has 1 aromatic heterocycles. The van der Waals surface area contributed by atoms with Crippen molar-refractivity contribution in [3.63, 3.8) is 0 Å². The average Bonchev–Trinajstić information content (AvgIpc) is 2.13. The first-order valence-electron chi connectivity index (χ1n) is 4.01. The second-order valence-electron chi connectivity index (χ2n) is 2.75. The summed E-state index contributed by atoms with van der Waals surface area (Å²) in [5.41, 5.74) is 0. The van der Waals surface area contributed by atoms with Gasteiger partial charge in [-0.2, -0.15) is 31.3 Å². The Hall–Kier alpha value is -1.13. The van der Waals surface area contributed by atoms with Crippen LogP contribution in [0.2, 0.25) is 5.28 Å². The van der Waals surface area contributed by atoms with Crippen LogP contribution in [0, 0.1) is 0 Å². The number of halogens is 4. The predicted octanol–water partition coefficient (Wildman–Crippen LogP) is 0.939. The maximum absolute atomic E-state index is 11.8. The molecule has 1 heterocycles. The molecule has 6 nitrogen and oxygen atoms in total. The van der Waals surface area contributed by atoms with Crippen LogP contribution in [-0.2, 0) is 10.2 Å². The number of anilines is 1. The van der Waals surface area contributed by atoms with E-state index in [0.717, 1.165) is 12.3 Å². The Kier molecular flexibility index (Phi) is 4.11. The molecule has 0 aliphatic rings. The normalized spacial score (nSPS) is 12.5. The molecular formula is C6H6ClF3N4O2S. The smallest absolute Gasteiger partial charge is 0.254 e. The molecule has 2 N–H and O–H groups in total. The van der Waals surface area contributed by atoms with Crippen molar-refractivity contribution in [2.75, 3.05) is 11.3 Å². The number of aromatic nitrogens is 2. The first kappa shape index (κ1) is 13.9. The minimum absolute atomic E-state index is 0.235. The number of nitrogens with one attached hydrogen (secondary N) is 2. The molecule has 0 radical (unpaired) electrons. The highest BCUT2D eigenvalue weighted by Gasteiger charge is 2.29. The van der Waals surface area contributed by atoms with Gasteiger partial charge in [0.15, 0.2) is 0 Å². The van der Waals surface area contributed by atoms with Crippen LogP contribution in [0.3, 0.4) is 0 Å². The Morgan fingerprint density at radius 1 is 1.41 bits per heavy atom. The molecule has 0 bridgehead atoms. The lowest BCUT2D eigenvalue weighted by molar-refractivity contribution is -0.121. The second-order valence-corrected chi connectivity index (χ2v) is 4.59. The van der Waals surface area contributed by atoms with Crippen LogP contribution in [0.25, 0.3) is 0 Å². The van der Waals surface area contributed by atoms with E-state index < -0.39 is 22.9 Å². The number of nitrogens with zero attached hydrogens (tertiary/aromatic N) is 2. The molecule has 0 atom stereocenters. The first-order chi connectivity index (χ1) is 7.68. The van der Waals surface area contributed by atoms with Crippen molar-refractivity contribution in [3.05, 3.63) is 17.5 Å². The standard InChI is InChI=1S/C6H6ClF3N4O2S/c7-5-11-2-1-4(13-5)14-17(15,16)12-3-6(8,9)10/h1-2,12H,3H2,(H,11,13,14). The van der Waals surface area contributed by atoms with Crippen molar-refractivity contribution in [1.82, 2.24) is 14.7 Å². The highest BCUT2D eigenvalue weighted by Crippen LogP contribution is 2.13. The van der Waals surface area contributed by atoms with Crippen LogP contribution in [0.5, 0.6) is 0 Å². The third kappa shape index (κ3) is 5.65. The van der Waals surface area contributed by atoms with E-state index in [4.69, 9.17) is 11.6 Å². The van der Waals surface area contributed by atoms with Crippen molar-refractivity contribution in [2.45, 2.75) is 6.18 Å². The minimum atomic E-state index is -4.64. The fourth-order valence-corrected chi connectivity index (χ4v) is 1.70. The summed E-state index contributed by atoms with van der Waals surface area (Å²) in [7, 11) is -4.35. The molecule has 0 amide bonds. The van der Waals surface area contributed by atoms with Crippen molar-refractivity contribution in [2.24, 2.45) is 0 Å². The van der Waals surface area contributed by atoms with E-state index in [0.29, 0.717) is 0 Å². The number of hydrogen-bond donors (Lipinski definition) is 2. The molecule has 11 heteroatoms. The summed E-state index contributed by atoms with van der Waals surface area (Å²) >= 11 is 5.37. The van der Waals surface area contributed by atoms with Crippen LogP contribution in [0.4, 0.5) is 19.0 Å². The Morgan fingerprint density at radius 3 is 2.59 bits per heavy atom. The van der Waals surface area contributed by atoms with Gasteiger partial charge < -0.3 is 0 Å². The van der Waals surface area contributed by atoms with Gasteiger partial charge in [-0.15, -0.1) is 0 Å². The molecule has 0 spiro atoms. The SMILES string of the molecule is O=S(=O)(NCC(F)(F)F)Nc1ccnc(Cl)n1. The van der Waals surface area contributed by atoms with Crippen LogP contribution in [0.1, 0.15) is 0 Å². The molecule has 0 aromatic carbocycles. The van der Waals surface area contributed by atoms with E-state index in [1.165, 1.54) is 4.72 Å². The van der Waals surface area contributed by atoms with Gasteiger partial charge in [-0.3, -0.25) is 4.72 Å². The molecule has 1 rings (SSSR count). The fraction of sp³-hybridized carbons (Fsp3) is 0.333. The Labute approximate surface area is 99.4 Å². The van der Waals surface area contributed by atoms with Crippen molar-refractivity contribution in [3.8, 4) is 0 Å². The van der Waals surface area contributed by atoms with Crippen molar-refractivity contribution in [1.29, 1.82) is 0 Å². The Balaban J connectivity index is 2.67. The largest absolute Gasteiger partial charge is 0.402 e. The van der Waals surface area contributed by atoms with Gasteiger partial charge in [0.05, 0.1) is 0 Å². The van der Waals surface area contributed by atoms with E-state index in [1.54, 1.807) is 4.72 Å². The van der Waals surface area contributed by atoms with Gasteiger partial charge in [0.25, 0.3) is 0 Å². The summed E-state index contributed by atoms with van der Waals surface area (Å²) in [6.07, 6.45) is -3.49. The van der Waals surface area contributed by atoms with Crippen LogP contribution in [0.15, 0.2) is 12.3 Å². The molecule has 0 fully saturated rings. The molecule has 0 aliphatic carbocycles. The number of hydrogen-bond acceptors (Lipinski definition) is 4. The topological polar surface area (TPSA) is 84.0 Å². The molecule has 0 saturated carbocycles. The van der Waals surface area contributed by atoms with Crippen molar-refractivity contribution >= 4 is 27.6 Å². The number of rotatable bonds is 4. The molecule has 0 aliphatic heterocycles. The lowest BCUT2D eigenvalue weighted by Crippen LogP contribution is -2.37. The number of alkyl halides is 3. The lowest BCUT2D eigenvalue weighted by Gasteiger charge is -2.10. The Morgan fingerprint density at radius 2 is 2.06 bits per heavy atom. The summed E-state index contributed by atoms with van der Waals surface area (Å²) < 4.78 is 60.7. The third-order valence-corrected chi connectivity index (χ3v) is 2.51. The first-order valence-corrected chi connectivity index (χ1v) is 5.87. The van der Waals surface area contributed by atoms with Crippen LogP contribution in [-0.4, -0.2) is 31.1 Å². The zero-order valence-corrected chi connectivity index (χ0v) is 9.57. The molecule has 17 heavy (non-hydrogen) atoms. The molecule has 96 valence electrons. The van der Waals surface area contributed by atoms with Gasteiger partial charge in [-0.25, -0.2) is 4.98 Å². The van der Waals surface area contributed by atoms with Crippen LogP contribution < -0.4 is 9.44 Å². The van der Waals surface area contributed by atoms with Gasteiger partial charge in [0.2, 0.25) is 5.28 Å². The zero-order valence-electron chi connectivity index (χ0n) is 7.99. The quantitative estimate of drug-likeness (QED) is 0.808. The zero-order chi connectivity index (χ0) is 13.1. The predicted molar refractivity (Wildman–Crippen MR) is 53.6 cm³/mol. The van der Waals surface area contributed by atoms with E-state index in [1.807, 2.05) is 0 Å². The summed E-state index contributed by atoms with van der Waals surface area (Å²) in [5.74, 6) is -0.236. The fourth-order valence-electron chi connectivity index (χ4n) is 0.742. The van der Waals surface area contributed by atoms with E-state index in [2.05, 4.69) is 9.97 Å². The lowest BCUT2D eigenvalue weighted by atomic mass is 10.6. The highest BCUT2D eigenvalue weighted by molar-refractivity contribution is 7.90. The Bertz CT molecular complexity index is 492. The van der Waals surface area contributed by atoms with Gasteiger partial charge >= 0.3 is 16.4 Å². The summed E-state index contributed by atoms with van der Waals surface area (Å²) in [4.78, 5) is 6.92. The van der Waals surface area contributed by atoms with E-state index >= 15 is 0 Å². The average molecular weight is 291 g/mol. The van der Waals surface area contributed by atoms with Crippen molar-refractivity contribution < 1.29 is 21.6 Å². The van der Waals surface area contributed by atoms with Gasteiger partial charge in [-0.1, -0.05) is 0 Å². The molecule has 1 aromatic rings. The molecule has 0 saturated heterocycles. The third-order valence-electron chi connectivity index (χ3n) is 1.33. The van der Waals surface area contributed by atoms with E-state index in [-0.39, 0.29) is 11.1 Å². The van der Waals surface area contributed by atoms with Crippen LogP contribution >= 0.6 is 11.6 Å². The van der Waals surface area contributed by atoms with Gasteiger partial charge in [0.1, 0.15) is 12.4 Å². The molecule has 0 unspecified atom stereocenters. The van der Waals surface area contributed by atoms with Gasteiger partial charge in [-0.05, 0) is 17.7 Å². The van der Waals surface area contributed by atoms with E-state index in [9.17, 15) is 21.6 Å². The summed E-state index contributed by atoms with van der Waals surface area (Å²) in [6, 6.07) is 1.14. The highest BCUT2D eigenvalue weighted by atomic mass is 35.5. The second kappa shape index (κ2) is 5.02. The molecular weight excluding hydrogens is 285 g/mol. The van der Waals surface area contributed by atoms with Gasteiger partial charge in [0, 0.05) is 6.20 Å². The monoisotopic (exact) mass is 290 g/mol. The minimum Gasteiger partial charge on any atom is -0.254 e. The summed E-state index contributed by atoms with van der Waals surface area (Å²) in [6.45, 7) is -1.68.